The summed E-state index contributed by atoms with van der Waals surface area (Å²) in [7, 11) is 0. The van der Waals surface area contributed by atoms with E-state index in [1.165, 1.54) is 11.8 Å². The van der Waals surface area contributed by atoms with Crippen LogP contribution in [0, 0.1) is 0 Å². The third kappa shape index (κ3) is 5.47. The molecule has 0 saturated heterocycles. The maximum Gasteiger partial charge on any atom is 0.315 e. The molecule has 0 amide bonds. The number of nitrogens with two attached hydrogens (primary N) is 1. The van der Waals surface area contributed by atoms with Crippen molar-refractivity contribution in [3.8, 4) is 0 Å². The predicted molar refractivity (Wildman–Crippen MR) is 58.2 cm³/mol. The number of rotatable bonds is 7. The van der Waals surface area contributed by atoms with Crippen LogP contribution in [0.1, 0.15) is 20.3 Å². The molecule has 0 aliphatic carbocycles. The molecule has 4 nitrogen and oxygen atoms in total. The lowest BCUT2D eigenvalue weighted by Crippen LogP contribution is -2.35. The van der Waals surface area contributed by atoms with Gasteiger partial charge >= 0.3 is 5.97 Å². The van der Waals surface area contributed by atoms with Crippen molar-refractivity contribution >= 4 is 17.7 Å². The number of ether oxygens (including phenoxy) is 1. The Bertz CT molecular complexity index is 166. The highest BCUT2D eigenvalue weighted by Gasteiger charge is 2.17. The highest BCUT2D eigenvalue weighted by Crippen LogP contribution is 2.15. The van der Waals surface area contributed by atoms with E-state index in [2.05, 4.69) is 0 Å². The van der Waals surface area contributed by atoms with Gasteiger partial charge in [-0.2, -0.15) is 0 Å². The van der Waals surface area contributed by atoms with E-state index < -0.39 is 0 Å². The van der Waals surface area contributed by atoms with Crippen molar-refractivity contribution in [2.24, 2.45) is 5.73 Å². The average Bonchev–Trinajstić information content (AvgIpc) is 2.18. The topological polar surface area (TPSA) is 72.5 Å². The number of carbonyl (C=O) groups is 1. The lowest BCUT2D eigenvalue weighted by atomic mass is 10.2. The molecular formula is C9H19NO3S. The smallest absolute Gasteiger partial charge is 0.315 e. The Kier molecular flexibility index (Phi) is 7.93. The van der Waals surface area contributed by atoms with Gasteiger partial charge in [0.2, 0.25) is 0 Å². The molecule has 0 radical (unpaired) electrons. The largest absolute Gasteiger partial charge is 0.465 e. The van der Waals surface area contributed by atoms with E-state index in [4.69, 9.17) is 15.6 Å². The van der Waals surface area contributed by atoms with Crippen molar-refractivity contribution in [1.29, 1.82) is 0 Å². The summed E-state index contributed by atoms with van der Waals surface area (Å²) in [5, 5.41) is 8.94. The van der Waals surface area contributed by atoms with Crippen LogP contribution >= 0.6 is 11.8 Å². The Morgan fingerprint density at radius 2 is 2.21 bits per heavy atom. The predicted octanol–water partition coefficient (Wildman–Crippen LogP) is 0.381. The quantitative estimate of drug-likeness (QED) is 0.608. The van der Waals surface area contributed by atoms with Crippen LogP contribution in [0.5, 0.6) is 0 Å². The van der Waals surface area contributed by atoms with E-state index in [0.717, 1.165) is 6.42 Å². The van der Waals surface area contributed by atoms with Gasteiger partial charge in [0.05, 0.1) is 19.0 Å². The van der Waals surface area contributed by atoms with Gasteiger partial charge < -0.3 is 15.6 Å². The molecule has 0 fully saturated rings. The Balaban J connectivity index is 3.77. The second-order valence-electron chi connectivity index (χ2n) is 2.91. The van der Waals surface area contributed by atoms with Crippen molar-refractivity contribution in [2.75, 3.05) is 19.0 Å². The molecule has 3 N–H and O–H groups in total. The van der Waals surface area contributed by atoms with Crippen molar-refractivity contribution in [3.63, 3.8) is 0 Å². The van der Waals surface area contributed by atoms with Crippen LogP contribution in [0.15, 0.2) is 0 Å². The zero-order chi connectivity index (χ0) is 11.0. The molecule has 0 aliphatic heterocycles. The van der Waals surface area contributed by atoms with Crippen LogP contribution in [-0.4, -0.2) is 41.3 Å². The number of hydrogen-bond donors (Lipinski definition) is 2. The molecule has 0 aromatic rings. The fraction of sp³-hybridized carbons (Fsp3) is 0.889. The summed E-state index contributed by atoms with van der Waals surface area (Å²) in [5.74, 6) is 0.00602. The van der Waals surface area contributed by atoms with Crippen molar-refractivity contribution in [1.82, 2.24) is 0 Å². The third-order valence-corrected chi connectivity index (χ3v) is 3.18. The fourth-order valence-electron chi connectivity index (χ4n) is 0.952. The molecule has 5 heteroatoms. The van der Waals surface area contributed by atoms with E-state index in [9.17, 15) is 4.79 Å². The normalized spacial score (nSPS) is 14.9. The van der Waals surface area contributed by atoms with E-state index in [-0.39, 0.29) is 29.6 Å². The third-order valence-electron chi connectivity index (χ3n) is 1.85. The number of hydrogen-bond acceptors (Lipinski definition) is 5. The Morgan fingerprint density at radius 3 is 2.64 bits per heavy atom. The Labute approximate surface area is 89.2 Å². The minimum Gasteiger partial charge on any atom is -0.465 e. The summed E-state index contributed by atoms with van der Waals surface area (Å²) in [6.07, 6.45) is 0.793. The zero-order valence-corrected chi connectivity index (χ0v) is 9.55. The summed E-state index contributed by atoms with van der Waals surface area (Å²) in [5.41, 5.74) is 5.75. The van der Waals surface area contributed by atoms with Crippen LogP contribution in [0.25, 0.3) is 0 Å². The van der Waals surface area contributed by atoms with Gasteiger partial charge in [-0.1, -0.05) is 6.92 Å². The molecule has 0 heterocycles. The first-order valence-corrected chi connectivity index (χ1v) is 5.84. The van der Waals surface area contributed by atoms with Crippen molar-refractivity contribution < 1.29 is 14.6 Å². The first-order chi connectivity index (χ1) is 6.65. The summed E-state index contributed by atoms with van der Waals surface area (Å²) < 4.78 is 4.77. The molecule has 0 saturated carbocycles. The standard InChI is InChI=1S/C9H19NO3S/c1-3-7(10)8(5-11)14-6-9(12)13-4-2/h7-8,11H,3-6,10H2,1-2H3. The highest BCUT2D eigenvalue weighted by atomic mass is 32.2. The van der Waals surface area contributed by atoms with E-state index in [1.807, 2.05) is 6.92 Å². The number of thioether (sulfide) groups is 1. The molecule has 0 aliphatic rings. The van der Waals surface area contributed by atoms with Gasteiger partial charge in [0.25, 0.3) is 0 Å². The van der Waals surface area contributed by atoms with E-state index >= 15 is 0 Å². The minimum absolute atomic E-state index is 0.000914. The lowest BCUT2D eigenvalue weighted by Gasteiger charge is -2.19. The van der Waals surface area contributed by atoms with Gasteiger partial charge in [0.15, 0.2) is 0 Å². The van der Waals surface area contributed by atoms with Crippen molar-refractivity contribution in [2.45, 2.75) is 31.6 Å². The second kappa shape index (κ2) is 8.08. The van der Waals surface area contributed by atoms with Crippen LogP contribution < -0.4 is 5.73 Å². The molecule has 0 aromatic carbocycles. The molecule has 0 rings (SSSR count). The second-order valence-corrected chi connectivity index (χ2v) is 4.14. The maximum absolute atomic E-state index is 11.0. The Hall–Kier alpha value is -0.260. The number of carbonyl (C=O) groups excluding carboxylic acids is 1. The molecule has 2 unspecified atom stereocenters. The highest BCUT2D eigenvalue weighted by molar-refractivity contribution is 8.00. The average molecular weight is 221 g/mol. The van der Waals surface area contributed by atoms with Crippen LogP contribution in [0.2, 0.25) is 0 Å². The van der Waals surface area contributed by atoms with Crippen LogP contribution in [-0.2, 0) is 9.53 Å². The molecule has 14 heavy (non-hydrogen) atoms. The number of aliphatic hydroxyl groups excluding tert-OH is 1. The number of esters is 1. The van der Waals surface area contributed by atoms with Crippen molar-refractivity contribution in [3.05, 3.63) is 0 Å². The maximum atomic E-state index is 11.0. The first-order valence-electron chi connectivity index (χ1n) is 4.79. The monoisotopic (exact) mass is 221 g/mol. The summed E-state index contributed by atoms with van der Waals surface area (Å²) in [6, 6.07) is -0.0700. The van der Waals surface area contributed by atoms with Crippen LogP contribution in [0.4, 0.5) is 0 Å². The number of aliphatic hydroxyl groups is 1. The molecule has 0 aromatic heterocycles. The molecule has 2 atom stereocenters. The summed E-state index contributed by atoms with van der Waals surface area (Å²) in [6.45, 7) is 4.12. The molecule has 84 valence electrons. The zero-order valence-electron chi connectivity index (χ0n) is 8.73. The lowest BCUT2D eigenvalue weighted by molar-refractivity contribution is -0.139. The molecule has 0 spiro atoms. The van der Waals surface area contributed by atoms with Gasteiger partial charge in [-0.3, -0.25) is 4.79 Å². The van der Waals surface area contributed by atoms with Gasteiger partial charge in [-0.15, -0.1) is 11.8 Å². The first kappa shape index (κ1) is 13.7. The van der Waals surface area contributed by atoms with Gasteiger partial charge in [0.1, 0.15) is 0 Å². The molecule has 0 bridgehead atoms. The fourth-order valence-corrected chi connectivity index (χ4v) is 1.93. The minimum atomic E-state index is -0.251. The SMILES string of the molecule is CCOC(=O)CSC(CO)C(N)CC. The van der Waals surface area contributed by atoms with E-state index in [0.29, 0.717) is 6.61 Å². The molecular weight excluding hydrogens is 202 g/mol. The Morgan fingerprint density at radius 1 is 1.57 bits per heavy atom. The van der Waals surface area contributed by atoms with Gasteiger partial charge in [-0.25, -0.2) is 0 Å². The summed E-state index contributed by atoms with van der Waals surface area (Å²) >= 11 is 1.35. The van der Waals surface area contributed by atoms with Crippen LogP contribution in [0.3, 0.4) is 0 Å². The van der Waals surface area contributed by atoms with E-state index in [1.54, 1.807) is 6.92 Å². The summed E-state index contributed by atoms with van der Waals surface area (Å²) in [4.78, 5) is 11.0. The van der Waals surface area contributed by atoms with Gasteiger partial charge in [0, 0.05) is 11.3 Å². The van der Waals surface area contributed by atoms with Gasteiger partial charge in [-0.05, 0) is 13.3 Å².